The van der Waals surface area contributed by atoms with Crippen molar-refractivity contribution in [3.05, 3.63) is 76.6 Å². The molecule has 0 fully saturated rings. The Labute approximate surface area is 168 Å². The Bertz CT molecular complexity index is 1070. The van der Waals surface area contributed by atoms with E-state index in [1.54, 1.807) is 23.1 Å². The van der Waals surface area contributed by atoms with Gasteiger partial charge in [-0.3, -0.25) is 4.57 Å². The highest BCUT2D eigenvalue weighted by Crippen LogP contribution is 2.35. The zero-order chi connectivity index (χ0) is 17.9. The van der Waals surface area contributed by atoms with Gasteiger partial charge >= 0.3 is 0 Å². The lowest BCUT2D eigenvalue weighted by atomic mass is 10.1. The first-order valence-corrected chi connectivity index (χ1v) is 10.8. The van der Waals surface area contributed by atoms with E-state index < -0.39 is 0 Å². The summed E-state index contributed by atoms with van der Waals surface area (Å²) in [4.78, 5) is 0. The van der Waals surface area contributed by atoms with Crippen LogP contribution in [0.2, 0.25) is 0 Å². The molecule has 0 aliphatic rings. The maximum Gasteiger partial charge on any atom is 0.192 e. The van der Waals surface area contributed by atoms with Gasteiger partial charge in [0.25, 0.3) is 0 Å². The van der Waals surface area contributed by atoms with Crippen molar-refractivity contribution >= 4 is 49.1 Å². The molecule has 0 spiro atoms. The van der Waals surface area contributed by atoms with Crippen LogP contribution in [-0.4, -0.2) is 14.8 Å². The first-order chi connectivity index (χ1) is 12.8. The summed E-state index contributed by atoms with van der Waals surface area (Å²) in [6, 6.07) is 16.8. The van der Waals surface area contributed by atoms with E-state index in [2.05, 4.69) is 85.1 Å². The van der Waals surface area contributed by atoms with Gasteiger partial charge in [-0.2, -0.15) is 0 Å². The van der Waals surface area contributed by atoms with Crippen LogP contribution in [0.5, 0.6) is 0 Å². The summed E-state index contributed by atoms with van der Waals surface area (Å²) in [5.41, 5.74) is 2.38. The van der Waals surface area contributed by atoms with Gasteiger partial charge in [0.2, 0.25) is 0 Å². The van der Waals surface area contributed by atoms with Crippen molar-refractivity contribution < 1.29 is 0 Å². The third-order valence-corrected chi connectivity index (χ3v) is 6.50. The molecule has 0 atom stereocenters. The molecule has 0 saturated heterocycles. The summed E-state index contributed by atoms with van der Waals surface area (Å²) < 4.78 is 4.50. The van der Waals surface area contributed by atoms with E-state index in [9.17, 15) is 0 Å². The molecular formula is C20H16BrN3S2. The van der Waals surface area contributed by atoms with Crippen molar-refractivity contribution in [3.63, 3.8) is 0 Å². The van der Waals surface area contributed by atoms with E-state index in [0.717, 1.165) is 26.8 Å². The summed E-state index contributed by atoms with van der Waals surface area (Å²) in [6.07, 6.45) is 1.89. The number of hydrogen-bond donors (Lipinski definition) is 0. The Balaban J connectivity index is 1.68. The Hall–Kier alpha value is -1.89. The minimum atomic E-state index is 0.688. The fraction of sp³-hybridized carbons (Fsp3) is 0.100. The molecule has 0 N–H and O–H groups in total. The fourth-order valence-corrected chi connectivity index (χ4v) is 5.09. The van der Waals surface area contributed by atoms with E-state index in [1.807, 2.05) is 12.1 Å². The second-order valence-corrected chi connectivity index (χ2v) is 8.54. The third-order valence-electron chi connectivity index (χ3n) is 4.01. The van der Waals surface area contributed by atoms with Gasteiger partial charge in [0, 0.05) is 37.8 Å². The summed E-state index contributed by atoms with van der Waals surface area (Å²) in [5.74, 6) is 1.75. The van der Waals surface area contributed by atoms with E-state index in [0.29, 0.717) is 6.54 Å². The van der Waals surface area contributed by atoms with Crippen LogP contribution in [0.25, 0.3) is 21.5 Å². The largest absolute Gasteiger partial charge is 0.298 e. The van der Waals surface area contributed by atoms with Crippen molar-refractivity contribution in [1.82, 2.24) is 14.8 Å². The molecule has 0 saturated carbocycles. The molecule has 0 aliphatic heterocycles. The van der Waals surface area contributed by atoms with Crippen LogP contribution in [0, 0.1) is 0 Å². The number of allylic oxidation sites excluding steroid dienone is 1. The van der Waals surface area contributed by atoms with Crippen molar-refractivity contribution in [2.45, 2.75) is 17.5 Å². The van der Waals surface area contributed by atoms with Crippen LogP contribution < -0.4 is 0 Å². The van der Waals surface area contributed by atoms with Crippen molar-refractivity contribution in [1.29, 1.82) is 0 Å². The second kappa shape index (κ2) is 7.78. The highest BCUT2D eigenvalue weighted by molar-refractivity contribution is 9.10. The molecule has 0 bridgehead atoms. The summed E-state index contributed by atoms with van der Waals surface area (Å²) in [7, 11) is 0. The standard InChI is InChI=1S/C20H16BrN3S2/c1-2-10-24-19(17-13-25-18-9-4-3-8-16(17)18)22-23-20(24)26-12-14-6-5-7-15(21)11-14/h2-9,11,13H,1,10,12H2. The van der Waals surface area contributed by atoms with Crippen molar-refractivity contribution in [3.8, 4) is 11.4 Å². The molecule has 130 valence electrons. The molecular weight excluding hydrogens is 426 g/mol. The molecule has 0 amide bonds. The molecule has 6 heteroatoms. The van der Waals surface area contributed by atoms with Gasteiger partial charge < -0.3 is 0 Å². The number of aromatic nitrogens is 3. The number of rotatable bonds is 6. The molecule has 2 aromatic carbocycles. The lowest BCUT2D eigenvalue weighted by Gasteiger charge is -2.07. The van der Waals surface area contributed by atoms with Crippen LogP contribution in [0.3, 0.4) is 0 Å². The second-order valence-electron chi connectivity index (χ2n) is 5.77. The predicted octanol–water partition coefficient (Wildman–Crippen LogP) is 6.40. The van der Waals surface area contributed by atoms with Crippen LogP contribution in [0.4, 0.5) is 0 Å². The maximum absolute atomic E-state index is 4.50. The van der Waals surface area contributed by atoms with Crippen LogP contribution in [0.1, 0.15) is 5.56 Å². The zero-order valence-electron chi connectivity index (χ0n) is 13.9. The first-order valence-electron chi connectivity index (χ1n) is 8.14. The molecule has 2 heterocycles. The molecule has 0 unspecified atom stereocenters. The fourth-order valence-electron chi connectivity index (χ4n) is 2.81. The molecule has 26 heavy (non-hydrogen) atoms. The highest BCUT2D eigenvalue weighted by atomic mass is 79.9. The van der Waals surface area contributed by atoms with Crippen LogP contribution >= 0.6 is 39.0 Å². The number of fused-ring (bicyclic) bond motifs is 1. The minimum absolute atomic E-state index is 0.688. The van der Waals surface area contributed by atoms with E-state index in [4.69, 9.17) is 0 Å². The number of benzene rings is 2. The minimum Gasteiger partial charge on any atom is -0.298 e. The third kappa shape index (κ3) is 3.49. The normalized spacial score (nSPS) is 11.1. The molecule has 4 aromatic rings. The van der Waals surface area contributed by atoms with Gasteiger partial charge in [0.05, 0.1) is 0 Å². The maximum atomic E-state index is 4.50. The molecule has 0 aliphatic carbocycles. The van der Waals surface area contributed by atoms with Gasteiger partial charge in [-0.25, -0.2) is 0 Å². The Morgan fingerprint density at radius 2 is 2.04 bits per heavy atom. The monoisotopic (exact) mass is 441 g/mol. The Kier molecular flexibility index (Phi) is 5.24. The van der Waals surface area contributed by atoms with Gasteiger partial charge in [-0.15, -0.1) is 28.1 Å². The van der Waals surface area contributed by atoms with E-state index >= 15 is 0 Å². The van der Waals surface area contributed by atoms with Crippen LogP contribution in [0.15, 0.2) is 76.2 Å². The molecule has 4 rings (SSSR count). The number of hydrogen-bond acceptors (Lipinski definition) is 4. The van der Waals surface area contributed by atoms with Crippen molar-refractivity contribution in [2.24, 2.45) is 0 Å². The zero-order valence-corrected chi connectivity index (χ0v) is 17.1. The summed E-state index contributed by atoms with van der Waals surface area (Å²) in [6.45, 7) is 4.59. The van der Waals surface area contributed by atoms with E-state index in [1.165, 1.54) is 15.6 Å². The summed E-state index contributed by atoms with van der Waals surface area (Å²) in [5, 5.41) is 13.3. The number of halogens is 1. The summed E-state index contributed by atoms with van der Waals surface area (Å²) >= 11 is 6.96. The first kappa shape index (κ1) is 17.5. The van der Waals surface area contributed by atoms with Gasteiger partial charge in [0.15, 0.2) is 11.0 Å². The van der Waals surface area contributed by atoms with E-state index in [-0.39, 0.29) is 0 Å². The Morgan fingerprint density at radius 3 is 2.88 bits per heavy atom. The number of thiophene rings is 1. The van der Waals surface area contributed by atoms with Crippen molar-refractivity contribution in [2.75, 3.05) is 0 Å². The smallest absolute Gasteiger partial charge is 0.192 e. The number of nitrogens with zero attached hydrogens (tertiary/aromatic N) is 3. The average Bonchev–Trinajstić information content (AvgIpc) is 3.24. The van der Waals surface area contributed by atoms with Gasteiger partial charge in [-0.1, -0.05) is 64.1 Å². The topological polar surface area (TPSA) is 30.7 Å². The highest BCUT2D eigenvalue weighted by Gasteiger charge is 2.16. The Morgan fingerprint density at radius 1 is 1.15 bits per heavy atom. The number of thioether (sulfide) groups is 1. The van der Waals surface area contributed by atoms with Gasteiger partial charge in [-0.05, 0) is 23.8 Å². The SMILES string of the molecule is C=CCn1c(SCc2cccc(Br)c2)nnc1-c1csc2ccccc12. The predicted molar refractivity (Wildman–Crippen MR) is 115 cm³/mol. The lowest BCUT2D eigenvalue weighted by molar-refractivity contribution is 0.731. The van der Waals surface area contributed by atoms with Gasteiger partial charge in [0.1, 0.15) is 0 Å². The average molecular weight is 442 g/mol. The lowest BCUT2D eigenvalue weighted by Crippen LogP contribution is -2.00. The molecule has 0 radical (unpaired) electrons. The van der Waals surface area contributed by atoms with Crippen LogP contribution in [-0.2, 0) is 12.3 Å². The molecule has 2 aromatic heterocycles. The quantitative estimate of drug-likeness (QED) is 0.256. The molecule has 3 nitrogen and oxygen atoms in total.